The highest BCUT2D eigenvalue weighted by molar-refractivity contribution is 5.75. The Morgan fingerprint density at radius 2 is 1.32 bits per heavy atom. The number of aliphatic hydroxyl groups excluding tert-OH is 1. The minimum atomic E-state index is -0.246. The zero-order valence-electron chi connectivity index (χ0n) is 14.6. The first-order chi connectivity index (χ1) is 10.8. The molecule has 3 heteroatoms. The van der Waals surface area contributed by atoms with Crippen molar-refractivity contribution in [3.63, 3.8) is 0 Å². The van der Waals surface area contributed by atoms with Crippen LogP contribution in [-0.2, 0) is 4.79 Å². The molecule has 2 N–H and O–H groups in total. The van der Waals surface area contributed by atoms with E-state index in [2.05, 4.69) is 24.4 Å². The molecule has 0 aliphatic heterocycles. The van der Waals surface area contributed by atoms with E-state index < -0.39 is 0 Å². The van der Waals surface area contributed by atoms with Crippen LogP contribution in [0.25, 0.3) is 0 Å². The maximum atomic E-state index is 11.1. The first-order valence-corrected chi connectivity index (χ1v) is 9.33. The molecule has 0 heterocycles. The first-order valence-electron chi connectivity index (χ1n) is 9.33. The highest BCUT2D eigenvalue weighted by Gasteiger charge is 1.98. The quantitative estimate of drug-likeness (QED) is 0.237. The molecule has 0 spiro atoms. The van der Waals surface area contributed by atoms with E-state index in [1.54, 1.807) is 0 Å². The molecule has 0 unspecified atom stereocenters. The van der Waals surface area contributed by atoms with Crippen LogP contribution in [0.2, 0.25) is 0 Å². The van der Waals surface area contributed by atoms with Crippen LogP contribution in [0.4, 0.5) is 0 Å². The Morgan fingerprint density at radius 1 is 0.818 bits per heavy atom. The fraction of sp³-hybridized carbons (Fsp3) is 0.842. The minimum Gasteiger partial charge on any atom is -0.377 e. The topological polar surface area (TPSA) is 49.3 Å². The smallest absolute Gasteiger partial charge is 0.221 e. The van der Waals surface area contributed by atoms with E-state index in [9.17, 15) is 4.79 Å². The van der Waals surface area contributed by atoms with Gasteiger partial charge in [0, 0.05) is 6.42 Å². The van der Waals surface area contributed by atoms with Crippen molar-refractivity contribution in [2.45, 2.75) is 96.8 Å². The Labute approximate surface area is 137 Å². The summed E-state index contributed by atoms with van der Waals surface area (Å²) in [7, 11) is 0. The molecular weight excluding hydrogens is 274 g/mol. The number of carbonyl (C=O) groups is 1. The summed E-state index contributed by atoms with van der Waals surface area (Å²) in [5.74, 6) is -0.0415. The van der Waals surface area contributed by atoms with Gasteiger partial charge in [0.25, 0.3) is 0 Å². The third-order valence-electron chi connectivity index (χ3n) is 3.94. The van der Waals surface area contributed by atoms with E-state index in [0.717, 1.165) is 12.8 Å². The number of carbonyl (C=O) groups excluding carboxylic acids is 1. The largest absolute Gasteiger partial charge is 0.377 e. The van der Waals surface area contributed by atoms with E-state index in [1.807, 2.05) is 0 Å². The second-order valence-electron chi connectivity index (χ2n) is 6.09. The molecule has 0 radical (unpaired) electrons. The number of allylic oxidation sites excluding steroid dienone is 2. The Hall–Kier alpha value is -0.830. The summed E-state index contributed by atoms with van der Waals surface area (Å²) in [6.07, 6.45) is 21.7. The minimum absolute atomic E-state index is 0.0415. The summed E-state index contributed by atoms with van der Waals surface area (Å²) >= 11 is 0. The lowest BCUT2D eigenvalue weighted by atomic mass is 10.1. The normalized spacial score (nSPS) is 11.2. The summed E-state index contributed by atoms with van der Waals surface area (Å²) in [4.78, 5) is 11.1. The Bertz CT molecular complexity index is 264. The molecule has 0 aromatic carbocycles. The molecule has 0 aromatic rings. The van der Waals surface area contributed by atoms with Gasteiger partial charge in [-0.25, -0.2) is 0 Å². The third-order valence-corrected chi connectivity index (χ3v) is 3.94. The van der Waals surface area contributed by atoms with Crippen molar-refractivity contribution in [1.29, 1.82) is 0 Å². The predicted octanol–water partition coefficient (Wildman–Crippen LogP) is 5.09. The van der Waals surface area contributed by atoms with Crippen molar-refractivity contribution in [3.05, 3.63) is 12.2 Å². The molecule has 0 aliphatic rings. The van der Waals surface area contributed by atoms with Crippen molar-refractivity contribution in [3.8, 4) is 0 Å². The van der Waals surface area contributed by atoms with Crippen LogP contribution in [0.1, 0.15) is 96.8 Å². The number of rotatable bonds is 16. The van der Waals surface area contributed by atoms with E-state index in [1.165, 1.54) is 70.6 Å². The van der Waals surface area contributed by atoms with Gasteiger partial charge in [0.05, 0.1) is 0 Å². The molecule has 22 heavy (non-hydrogen) atoms. The molecule has 130 valence electrons. The molecule has 0 aliphatic carbocycles. The molecule has 0 saturated heterocycles. The van der Waals surface area contributed by atoms with Crippen LogP contribution in [-0.4, -0.2) is 17.7 Å². The van der Waals surface area contributed by atoms with Gasteiger partial charge in [0.2, 0.25) is 5.91 Å². The number of aliphatic hydroxyl groups is 1. The highest BCUT2D eigenvalue weighted by atomic mass is 16.3. The molecule has 3 nitrogen and oxygen atoms in total. The van der Waals surface area contributed by atoms with E-state index in [-0.39, 0.29) is 12.6 Å². The molecular formula is C19H37NO2. The van der Waals surface area contributed by atoms with E-state index in [4.69, 9.17) is 5.11 Å². The second kappa shape index (κ2) is 18.2. The van der Waals surface area contributed by atoms with Crippen molar-refractivity contribution in [2.24, 2.45) is 0 Å². The average molecular weight is 312 g/mol. The number of nitrogens with one attached hydrogen (secondary N) is 1. The average Bonchev–Trinajstić information content (AvgIpc) is 2.51. The van der Waals surface area contributed by atoms with Gasteiger partial charge in [-0.15, -0.1) is 0 Å². The van der Waals surface area contributed by atoms with Crippen molar-refractivity contribution in [1.82, 2.24) is 5.32 Å². The highest BCUT2D eigenvalue weighted by Crippen LogP contribution is 2.09. The van der Waals surface area contributed by atoms with E-state index in [0.29, 0.717) is 6.42 Å². The molecule has 1 amide bonds. The number of unbranched alkanes of at least 4 members (excludes halogenated alkanes) is 11. The van der Waals surface area contributed by atoms with Gasteiger partial charge < -0.3 is 10.4 Å². The van der Waals surface area contributed by atoms with Crippen LogP contribution in [0.3, 0.4) is 0 Å². The summed E-state index contributed by atoms with van der Waals surface area (Å²) in [5, 5.41) is 10.9. The van der Waals surface area contributed by atoms with Crippen LogP contribution in [0.15, 0.2) is 12.2 Å². The fourth-order valence-corrected chi connectivity index (χ4v) is 2.53. The summed E-state index contributed by atoms with van der Waals surface area (Å²) in [5.41, 5.74) is 0. The van der Waals surface area contributed by atoms with Gasteiger partial charge in [-0.1, -0.05) is 70.4 Å². The Balaban J connectivity index is 3.12. The van der Waals surface area contributed by atoms with Gasteiger partial charge in [0.15, 0.2) is 0 Å². The van der Waals surface area contributed by atoms with Gasteiger partial charge >= 0.3 is 0 Å². The lowest BCUT2D eigenvalue weighted by molar-refractivity contribution is -0.122. The summed E-state index contributed by atoms with van der Waals surface area (Å²) < 4.78 is 0. The zero-order valence-corrected chi connectivity index (χ0v) is 14.6. The van der Waals surface area contributed by atoms with Gasteiger partial charge in [0.1, 0.15) is 6.73 Å². The number of amides is 1. The van der Waals surface area contributed by atoms with E-state index >= 15 is 0 Å². The SMILES string of the molecule is CCCCCCCC/C=C\CCCCCCCC(=O)NCO. The third kappa shape index (κ3) is 17.2. The Kier molecular flexibility index (Phi) is 17.5. The van der Waals surface area contributed by atoms with Gasteiger partial charge in [-0.2, -0.15) is 0 Å². The molecule has 0 saturated carbocycles. The van der Waals surface area contributed by atoms with Crippen molar-refractivity contribution < 1.29 is 9.90 Å². The zero-order chi connectivity index (χ0) is 16.3. The number of hydrogen-bond donors (Lipinski definition) is 2. The summed E-state index contributed by atoms with van der Waals surface area (Å²) in [6, 6.07) is 0. The summed E-state index contributed by atoms with van der Waals surface area (Å²) in [6.45, 7) is 2.01. The van der Waals surface area contributed by atoms with Crippen molar-refractivity contribution in [2.75, 3.05) is 6.73 Å². The maximum absolute atomic E-state index is 11.1. The Morgan fingerprint density at radius 3 is 1.86 bits per heavy atom. The van der Waals surface area contributed by atoms with Gasteiger partial charge in [-0.05, 0) is 32.1 Å². The van der Waals surface area contributed by atoms with Crippen LogP contribution in [0.5, 0.6) is 0 Å². The predicted molar refractivity (Wildman–Crippen MR) is 94.7 cm³/mol. The molecule has 0 bridgehead atoms. The molecule has 0 aromatic heterocycles. The monoisotopic (exact) mass is 311 g/mol. The first kappa shape index (κ1) is 21.2. The lowest BCUT2D eigenvalue weighted by Crippen LogP contribution is -2.23. The van der Waals surface area contributed by atoms with Gasteiger partial charge in [-0.3, -0.25) is 4.79 Å². The molecule has 0 rings (SSSR count). The number of hydrogen-bond acceptors (Lipinski definition) is 2. The molecule has 0 fully saturated rings. The maximum Gasteiger partial charge on any atom is 0.221 e. The fourth-order valence-electron chi connectivity index (χ4n) is 2.53. The van der Waals surface area contributed by atoms with Crippen LogP contribution >= 0.6 is 0 Å². The second-order valence-corrected chi connectivity index (χ2v) is 6.09. The lowest BCUT2D eigenvalue weighted by Gasteiger charge is -2.01. The van der Waals surface area contributed by atoms with Crippen molar-refractivity contribution >= 4 is 5.91 Å². The standard InChI is InChI=1S/C19H37NO2/c1-2-3-4-5-6-7-8-9-10-11-12-13-14-15-16-17-19(22)20-18-21/h9-10,21H,2-8,11-18H2,1H3,(H,20,22)/b10-9-. The molecule has 0 atom stereocenters. The van der Waals surface area contributed by atoms with Crippen LogP contribution in [0, 0.1) is 0 Å². The van der Waals surface area contributed by atoms with Crippen LogP contribution < -0.4 is 5.32 Å².